The second-order valence-electron chi connectivity index (χ2n) is 6.02. The molecule has 5 nitrogen and oxygen atoms in total. The van der Waals surface area contributed by atoms with Crippen LogP contribution in [-0.4, -0.2) is 22.6 Å². The Morgan fingerprint density at radius 1 is 0.857 bits per heavy atom. The maximum absolute atomic E-state index is 13.4. The van der Waals surface area contributed by atoms with Crippen molar-refractivity contribution in [1.82, 2.24) is 0 Å². The summed E-state index contributed by atoms with van der Waals surface area (Å²) in [7, 11) is -0.678. The van der Waals surface area contributed by atoms with Gasteiger partial charge in [-0.3, -0.25) is 4.31 Å². The summed E-state index contributed by atoms with van der Waals surface area (Å²) < 4.78 is 38.5. The Kier molecular flexibility index (Phi) is 6.11. The van der Waals surface area contributed by atoms with Gasteiger partial charge in [0, 0.05) is 5.02 Å². The lowest BCUT2D eigenvalue weighted by molar-refractivity contribution is 0.414. The van der Waals surface area contributed by atoms with Crippen molar-refractivity contribution in [2.75, 3.05) is 18.5 Å². The van der Waals surface area contributed by atoms with E-state index in [9.17, 15) is 8.42 Å². The van der Waals surface area contributed by atoms with Crippen LogP contribution in [0.15, 0.2) is 77.7 Å². The number of benzene rings is 3. The van der Waals surface area contributed by atoms with Crippen molar-refractivity contribution >= 4 is 27.3 Å². The Labute approximate surface area is 170 Å². The predicted octanol–water partition coefficient (Wildman–Crippen LogP) is 4.75. The standard InChI is InChI=1S/C21H20ClNO4S/c1-26-19-10-8-18(9-11-19)23(15-16-4-3-5-20(14-16)27-2)28(24,25)21-12-6-17(22)7-13-21/h3-14H,15H2,1-2H3. The minimum Gasteiger partial charge on any atom is -0.497 e. The maximum atomic E-state index is 13.4. The highest BCUT2D eigenvalue weighted by Crippen LogP contribution is 2.29. The molecule has 0 aliphatic carbocycles. The van der Waals surface area contributed by atoms with E-state index in [0.29, 0.717) is 22.2 Å². The molecule has 0 saturated carbocycles. The SMILES string of the molecule is COc1ccc(N(Cc2cccc(OC)c2)S(=O)(=O)c2ccc(Cl)cc2)cc1. The van der Waals surface area contributed by atoms with Gasteiger partial charge in [-0.2, -0.15) is 0 Å². The van der Waals surface area contributed by atoms with E-state index < -0.39 is 10.0 Å². The van der Waals surface area contributed by atoms with E-state index in [-0.39, 0.29) is 11.4 Å². The number of sulfonamides is 1. The van der Waals surface area contributed by atoms with E-state index >= 15 is 0 Å². The molecule has 3 aromatic rings. The van der Waals surface area contributed by atoms with Crippen LogP contribution in [0.3, 0.4) is 0 Å². The van der Waals surface area contributed by atoms with Crippen LogP contribution in [0.2, 0.25) is 5.02 Å². The topological polar surface area (TPSA) is 55.8 Å². The van der Waals surface area contributed by atoms with Gasteiger partial charge in [0.25, 0.3) is 10.0 Å². The molecule has 146 valence electrons. The molecular weight excluding hydrogens is 398 g/mol. The molecule has 0 radical (unpaired) electrons. The zero-order valence-electron chi connectivity index (χ0n) is 15.5. The van der Waals surface area contributed by atoms with Gasteiger partial charge in [-0.25, -0.2) is 8.42 Å². The Bertz CT molecular complexity index is 1030. The van der Waals surface area contributed by atoms with Gasteiger partial charge < -0.3 is 9.47 Å². The van der Waals surface area contributed by atoms with Gasteiger partial charge in [0.05, 0.1) is 31.3 Å². The first-order valence-corrected chi connectivity index (χ1v) is 10.3. The third-order valence-corrected chi connectivity index (χ3v) is 6.26. The average Bonchev–Trinajstić information content (AvgIpc) is 2.72. The molecular formula is C21H20ClNO4S. The molecule has 0 bridgehead atoms. The normalized spacial score (nSPS) is 11.1. The number of halogens is 1. The van der Waals surface area contributed by atoms with Crippen molar-refractivity contribution in [3.05, 3.63) is 83.4 Å². The number of methoxy groups -OCH3 is 2. The molecule has 3 aromatic carbocycles. The first-order chi connectivity index (χ1) is 13.4. The Balaban J connectivity index is 2.05. The number of hydrogen-bond donors (Lipinski definition) is 0. The molecule has 28 heavy (non-hydrogen) atoms. The quantitative estimate of drug-likeness (QED) is 0.556. The van der Waals surface area contributed by atoms with Gasteiger partial charge in [-0.1, -0.05) is 23.7 Å². The van der Waals surface area contributed by atoms with Crippen molar-refractivity contribution in [2.24, 2.45) is 0 Å². The summed E-state index contributed by atoms with van der Waals surface area (Å²) in [5, 5.41) is 0.475. The second-order valence-corrected chi connectivity index (χ2v) is 8.31. The average molecular weight is 418 g/mol. The van der Waals surface area contributed by atoms with Gasteiger partial charge in [0.15, 0.2) is 0 Å². The molecule has 0 N–H and O–H groups in total. The van der Waals surface area contributed by atoms with Crippen LogP contribution >= 0.6 is 11.6 Å². The number of nitrogens with zero attached hydrogens (tertiary/aromatic N) is 1. The highest BCUT2D eigenvalue weighted by molar-refractivity contribution is 7.92. The van der Waals surface area contributed by atoms with E-state index in [1.165, 1.54) is 16.4 Å². The van der Waals surface area contributed by atoms with Crippen LogP contribution in [0.5, 0.6) is 11.5 Å². The van der Waals surface area contributed by atoms with Crippen molar-refractivity contribution in [3.8, 4) is 11.5 Å². The van der Waals surface area contributed by atoms with Gasteiger partial charge in [-0.15, -0.1) is 0 Å². The van der Waals surface area contributed by atoms with Gasteiger partial charge in [0.1, 0.15) is 11.5 Å². The summed E-state index contributed by atoms with van der Waals surface area (Å²) in [5.41, 5.74) is 1.33. The number of ether oxygens (including phenoxy) is 2. The molecule has 0 aromatic heterocycles. The molecule has 0 atom stereocenters. The summed E-state index contributed by atoms with van der Waals surface area (Å²) in [4.78, 5) is 0.163. The van der Waals surface area contributed by atoms with Gasteiger partial charge in [-0.05, 0) is 66.2 Å². The summed E-state index contributed by atoms with van der Waals surface area (Å²) in [6, 6.07) is 20.3. The third-order valence-electron chi connectivity index (χ3n) is 4.22. The predicted molar refractivity (Wildman–Crippen MR) is 111 cm³/mol. The molecule has 7 heteroatoms. The molecule has 0 saturated heterocycles. The van der Waals surface area contributed by atoms with Crippen LogP contribution < -0.4 is 13.8 Å². The van der Waals surface area contributed by atoms with Crippen molar-refractivity contribution < 1.29 is 17.9 Å². The highest BCUT2D eigenvalue weighted by atomic mass is 35.5. The van der Waals surface area contributed by atoms with E-state index in [1.807, 2.05) is 24.3 Å². The van der Waals surface area contributed by atoms with Crippen LogP contribution in [0.25, 0.3) is 0 Å². The fourth-order valence-corrected chi connectivity index (χ4v) is 4.31. The van der Waals surface area contributed by atoms with Crippen LogP contribution in [-0.2, 0) is 16.6 Å². The third kappa shape index (κ3) is 4.40. The summed E-state index contributed by atoms with van der Waals surface area (Å²) >= 11 is 5.92. The Morgan fingerprint density at radius 3 is 2.11 bits per heavy atom. The van der Waals surface area contributed by atoms with Gasteiger partial charge in [0.2, 0.25) is 0 Å². The summed E-state index contributed by atoms with van der Waals surface area (Å²) in [5.74, 6) is 1.31. The summed E-state index contributed by atoms with van der Waals surface area (Å²) in [6.45, 7) is 0.147. The molecule has 0 aliphatic rings. The first-order valence-electron chi connectivity index (χ1n) is 8.49. The van der Waals surface area contributed by atoms with Crippen LogP contribution in [0, 0.1) is 0 Å². The Morgan fingerprint density at radius 2 is 1.50 bits per heavy atom. The van der Waals surface area contributed by atoms with Crippen molar-refractivity contribution in [1.29, 1.82) is 0 Å². The number of anilines is 1. The lowest BCUT2D eigenvalue weighted by atomic mass is 10.2. The molecule has 0 aliphatic heterocycles. The van der Waals surface area contributed by atoms with Gasteiger partial charge >= 0.3 is 0 Å². The minimum atomic E-state index is -3.82. The fourth-order valence-electron chi connectivity index (χ4n) is 2.73. The zero-order chi connectivity index (χ0) is 20.1. The Hall–Kier alpha value is -2.70. The van der Waals surface area contributed by atoms with Crippen molar-refractivity contribution in [2.45, 2.75) is 11.4 Å². The van der Waals surface area contributed by atoms with E-state index in [1.54, 1.807) is 50.6 Å². The monoisotopic (exact) mass is 417 g/mol. The maximum Gasteiger partial charge on any atom is 0.264 e. The molecule has 0 spiro atoms. The second kappa shape index (κ2) is 8.54. The van der Waals surface area contributed by atoms with E-state index in [4.69, 9.17) is 21.1 Å². The minimum absolute atomic E-state index is 0.147. The smallest absolute Gasteiger partial charge is 0.264 e. The van der Waals surface area contributed by atoms with Crippen LogP contribution in [0.4, 0.5) is 5.69 Å². The molecule has 0 amide bonds. The molecule has 0 heterocycles. The first kappa shape index (κ1) is 20.0. The largest absolute Gasteiger partial charge is 0.497 e. The zero-order valence-corrected chi connectivity index (χ0v) is 17.1. The van der Waals surface area contributed by atoms with Crippen molar-refractivity contribution in [3.63, 3.8) is 0 Å². The highest BCUT2D eigenvalue weighted by Gasteiger charge is 2.25. The number of hydrogen-bond acceptors (Lipinski definition) is 4. The van der Waals surface area contributed by atoms with Crippen LogP contribution in [0.1, 0.15) is 5.56 Å². The lowest BCUT2D eigenvalue weighted by Crippen LogP contribution is -2.30. The summed E-state index contributed by atoms with van der Waals surface area (Å²) in [6.07, 6.45) is 0. The van der Waals surface area contributed by atoms with E-state index in [0.717, 1.165) is 5.56 Å². The fraction of sp³-hybridized carbons (Fsp3) is 0.143. The molecule has 3 rings (SSSR count). The van der Waals surface area contributed by atoms with E-state index in [2.05, 4.69) is 0 Å². The molecule has 0 fully saturated rings. The number of rotatable bonds is 7. The molecule has 0 unspecified atom stereocenters. The lowest BCUT2D eigenvalue weighted by Gasteiger charge is -2.25.